The largest absolute Gasteiger partial charge is 0.493 e. The molecular formula is C23H27N3O2. The first-order valence-electron chi connectivity index (χ1n) is 10.1. The van der Waals surface area contributed by atoms with Crippen molar-refractivity contribution >= 4 is 11.6 Å². The number of para-hydroxylation sites is 1. The second kappa shape index (κ2) is 9.02. The third kappa shape index (κ3) is 4.78. The van der Waals surface area contributed by atoms with Gasteiger partial charge in [-0.05, 0) is 37.1 Å². The Morgan fingerprint density at radius 2 is 1.79 bits per heavy atom. The highest BCUT2D eigenvalue weighted by molar-refractivity contribution is 6.02. The van der Waals surface area contributed by atoms with Crippen LogP contribution in [0.25, 0.3) is 0 Å². The van der Waals surface area contributed by atoms with E-state index < -0.39 is 0 Å². The topological polar surface area (TPSA) is 45.1 Å². The van der Waals surface area contributed by atoms with Crippen LogP contribution in [-0.4, -0.2) is 54.3 Å². The molecule has 1 saturated heterocycles. The number of piperidine rings is 1. The first-order chi connectivity index (χ1) is 13.8. The van der Waals surface area contributed by atoms with E-state index in [0.29, 0.717) is 25.6 Å². The Labute approximate surface area is 166 Å². The van der Waals surface area contributed by atoms with E-state index in [4.69, 9.17) is 4.74 Å². The summed E-state index contributed by atoms with van der Waals surface area (Å²) in [6, 6.07) is 20.1. The number of benzene rings is 2. The molecule has 2 aliphatic heterocycles. The Kier molecular flexibility index (Phi) is 6.02. The Morgan fingerprint density at radius 3 is 2.57 bits per heavy atom. The summed E-state index contributed by atoms with van der Waals surface area (Å²) in [6.45, 7) is 3.69. The van der Waals surface area contributed by atoms with Crippen LogP contribution in [0.1, 0.15) is 24.8 Å². The smallest absolute Gasteiger partial charge is 0.256 e. The van der Waals surface area contributed by atoms with Crippen LogP contribution >= 0.6 is 0 Å². The van der Waals surface area contributed by atoms with Crippen molar-refractivity contribution < 1.29 is 9.53 Å². The summed E-state index contributed by atoms with van der Waals surface area (Å²) in [4.78, 5) is 15.0. The van der Waals surface area contributed by atoms with Gasteiger partial charge in [-0.3, -0.25) is 9.69 Å². The lowest BCUT2D eigenvalue weighted by Gasteiger charge is -2.32. The van der Waals surface area contributed by atoms with Crippen LogP contribution in [-0.2, 0) is 4.79 Å². The Bertz CT molecular complexity index is 807. The molecule has 1 atom stereocenters. The molecule has 146 valence electrons. The maximum absolute atomic E-state index is 12.7. The van der Waals surface area contributed by atoms with Crippen LogP contribution in [0.3, 0.4) is 0 Å². The molecular weight excluding hydrogens is 350 g/mol. The Morgan fingerprint density at radius 1 is 1.04 bits per heavy atom. The minimum atomic E-state index is 0.0931. The van der Waals surface area contributed by atoms with Crippen molar-refractivity contribution in [3.8, 4) is 5.75 Å². The van der Waals surface area contributed by atoms with Gasteiger partial charge in [0, 0.05) is 18.9 Å². The van der Waals surface area contributed by atoms with Crippen molar-refractivity contribution in [3.63, 3.8) is 0 Å². The molecule has 0 bridgehead atoms. The number of ether oxygens (including phenoxy) is 1. The van der Waals surface area contributed by atoms with E-state index in [0.717, 1.165) is 49.4 Å². The molecule has 2 heterocycles. The summed E-state index contributed by atoms with van der Waals surface area (Å²) in [5.74, 6) is 1.47. The van der Waals surface area contributed by atoms with Crippen molar-refractivity contribution in [3.05, 3.63) is 66.2 Å². The molecule has 4 rings (SSSR count). The fourth-order valence-electron chi connectivity index (χ4n) is 3.91. The normalized spacial score (nSPS) is 20.1. The van der Waals surface area contributed by atoms with Gasteiger partial charge in [-0.1, -0.05) is 48.5 Å². The zero-order valence-corrected chi connectivity index (χ0v) is 16.2. The lowest BCUT2D eigenvalue weighted by molar-refractivity contribution is -0.132. The van der Waals surface area contributed by atoms with Gasteiger partial charge in [0.25, 0.3) is 5.91 Å². The molecule has 2 aliphatic rings. The van der Waals surface area contributed by atoms with Crippen LogP contribution in [0.5, 0.6) is 5.75 Å². The van der Waals surface area contributed by atoms with Gasteiger partial charge in [0.2, 0.25) is 0 Å². The van der Waals surface area contributed by atoms with Gasteiger partial charge in [-0.2, -0.15) is 5.10 Å². The van der Waals surface area contributed by atoms with Gasteiger partial charge in [-0.15, -0.1) is 0 Å². The molecule has 0 aromatic heterocycles. The molecule has 28 heavy (non-hydrogen) atoms. The maximum Gasteiger partial charge on any atom is 0.256 e. The summed E-state index contributed by atoms with van der Waals surface area (Å²) in [5, 5.41) is 6.21. The average Bonchev–Trinajstić information content (AvgIpc) is 3.25. The van der Waals surface area contributed by atoms with Crippen molar-refractivity contribution in [2.24, 2.45) is 11.0 Å². The number of hydrazone groups is 1. The molecule has 1 unspecified atom stereocenters. The Balaban J connectivity index is 1.28. The number of carbonyl (C=O) groups excluding carboxylic acids is 1. The van der Waals surface area contributed by atoms with Crippen LogP contribution in [0.15, 0.2) is 65.8 Å². The molecule has 1 amide bonds. The summed E-state index contributed by atoms with van der Waals surface area (Å²) in [7, 11) is 0. The Hall–Kier alpha value is -2.66. The van der Waals surface area contributed by atoms with Gasteiger partial charge >= 0.3 is 0 Å². The van der Waals surface area contributed by atoms with Gasteiger partial charge in [-0.25, -0.2) is 5.01 Å². The van der Waals surface area contributed by atoms with Crippen molar-refractivity contribution in [2.75, 3.05) is 32.8 Å². The van der Waals surface area contributed by atoms with Crippen molar-refractivity contribution in [1.82, 2.24) is 9.91 Å². The first kappa shape index (κ1) is 18.7. The minimum Gasteiger partial charge on any atom is -0.493 e. The first-order valence-corrected chi connectivity index (χ1v) is 10.1. The number of likely N-dealkylation sites (tertiary alicyclic amines) is 1. The third-order valence-corrected chi connectivity index (χ3v) is 5.39. The molecule has 5 heteroatoms. The van der Waals surface area contributed by atoms with Crippen LogP contribution in [0.2, 0.25) is 0 Å². The van der Waals surface area contributed by atoms with E-state index in [9.17, 15) is 4.79 Å². The van der Waals surface area contributed by atoms with Crippen LogP contribution in [0, 0.1) is 5.92 Å². The van der Waals surface area contributed by atoms with Crippen LogP contribution < -0.4 is 4.74 Å². The zero-order valence-electron chi connectivity index (χ0n) is 16.2. The number of hydrogen-bond donors (Lipinski definition) is 0. The van der Waals surface area contributed by atoms with E-state index in [1.54, 1.807) is 5.01 Å². The van der Waals surface area contributed by atoms with Crippen molar-refractivity contribution in [1.29, 1.82) is 0 Å². The van der Waals surface area contributed by atoms with E-state index in [2.05, 4.69) is 22.1 Å². The molecule has 0 aliphatic carbocycles. The number of rotatable bonds is 6. The van der Waals surface area contributed by atoms with E-state index >= 15 is 0 Å². The quantitative estimate of drug-likeness (QED) is 0.775. The molecule has 5 nitrogen and oxygen atoms in total. The third-order valence-electron chi connectivity index (χ3n) is 5.39. The highest BCUT2D eigenvalue weighted by atomic mass is 16.5. The van der Waals surface area contributed by atoms with Crippen molar-refractivity contribution in [2.45, 2.75) is 19.3 Å². The fraction of sp³-hybridized carbons (Fsp3) is 0.391. The van der Waals surface area contributed by atoms with E-state index in [1.807, 2.05) is 48.5 Å². The molecule has 0 radical (unpaired) electrons. The molecule has 2 aromatic rings. The maximum atomic E-state index is 12.7. The fourth-order valence-corrected chi connectivity index (χ4v) is 3.91. The monoisotopic (exact) mass is 377 g/mol. The number of carbonyl (C=O) groups is 1. The van der Waals surface area contributed by atoms with Gasteiger partial charge in [0.1, 0.15) is 5.75 Å². The summed E-state index contributed by atoms with van der Waals surface area (Å²) in [5.41, 5.74) is 2.11. The molecule has 0 saturated carbocycles. The summed E-state index contributed by atoms with van der Waals surface area (Å²) < 4.78 is 5.92. The lowest BCUT2D eigenvalue weighted by atomic mass is 9.99. The second-order valence-corrected chi connectivity index (χ2v) is 7.55. The molecule has 0 spiro atoms. The molecule has 0 N–H and O–H groups in total. The van der Waals surface area contributed by atoms with Gasteiger partial charge in [0.15, 0.2) is 0 Å². The highest BCUT2D eigenvalue weighted by Crippen LogP contribution is 2.20. The number of nitrogens with zero attached hydrogens (tertiary/aromatic N) is 3. The van der Waals surface area contributed by atoms with E-state index in [-0.39, 0.29) is 5.91 Å². The standard InChI is InChI=1S/C23H27N3O2/c27-23(26-15-13-22(24-26)20-9-3-1-4-10-20)17-25-14-7-8-19(16-25)18-28-21-11-5-2-6-12-21/h1-6,9-12,19H,7-8,13-18H2. The predicted molar refractivity (Wildman–Crippen MR) is 110 cm³/mol. The van der Waals surface area contributed by atoms with Gasteiger partial charge < -0.3 is 4.74 Å². The second-order valence-electron chi connectivity index (χ2n) is 7.55. The number of amides is 1. The highest BCUT2D eigenvalue weighted by Gasteiger charge is 2.26. The summed E-state index contributed by atoms with van der Waals surface area (Å²) >= 11 is 0. The number of hydrogen-bond acceptors (Lipinski definition) is 4. The predicted octanol–water partition coefficient (Wildman–Crippen LogP) is 3.41. The minimum absolute atomic E-state index is 0.0931. The van der Waals surface area contributed by atoms with E-state index in [1.165, 1.54) is 0 Å². The SMILES string of the molecule is O=C(CN1CCCC(COc2ccccc2)C1)N1CCC(c2ccccc2)=N1. The lowest BCUT2D eigenvalue weighted by Crippen LogP contribution is -2.43. The zero-order chi connectivity index (χ0) is 19.2. The average molecular weight is 377 g/mol. The molecule has 2 aromatic carbocycles. The van der Waals surface area contributed by atoms with Gasteiger partial charge in [0.05, 0.1) is 25.4 Å². The van der Waals surface area contributed by atoms with Crippen LogP contribution in [0.4, 0.5) is 0 Å². The molecule has 1 fully saturated rings. The summed E-state index contributed by atoms with van der Waals surface area (Å²) in [6.07, 6.45) is 3.08.